The van der Waals surface area contributed by atoms with E-state index in [1.165, 1.54) is 149 Å². The van der Waals surface area contributed by atoms with E-state index in [0.29, 0.717) is 0 Å². The van der Waals surface area contributed by atoms with Crippen molar-refractivity contribution in [3.8, 4) is 50.2 Å². The van der Waals surface area contributed by atoms with E-state index in [-0.39, 0.29) is 43.3 Å². The lowest BCUT2D eigenvalue weighted by molar-refractivity contribution is 0.568. The minimum atomic E-state index is -0.213. The van der Waals surface area contributed by atoms with Crippen LogP contribution < -0.4 is 4.90 Å². The lowest BCUT2D eigenvalue weighted by Crippen LogP contribution is -2.17. The number of hydrogen-bond acceptors (Lipinski definition) is 1. The summed E-state index contributed by atoms with van der Waals surface area (Å²) >= 11 is 0. The van der Waals surface area contributed by atoms with E-state index < -0.39 is 0 Å². The highest BCUT2D eigenvalue weighted by Gasteiger charge is 2.30. The molecule has 13 aromatic rings. The van der Waals surface area contributed by atoms with Crippen LogP contribution in [0.3, 0.4) is 0 Å². The third-order valence-corrected chi connectivity index (χ3v) is 21.1. The summed E-state index contributed by atoms with van der Waals surface area (Å²) < 4.78 is 2.56. The van der Waals surface area contributed by atoms with Crippen molar-refractivity contribution in [1.82, 2.24) is 4.57 Å². The van der Waals surface area contributed by atoms with Crippen LogP contribution in [0.1, 0.15) is 211 Å². The molecule has 98 heavy (non-hydrogen) atoms. The smallest absolute Gasteiger partial charge is 0.0541 e. The molecule has 13 rings (SSSR count). The summed E-state index contributed by atoms with van der Waals surface area (Å²) in [6.45, 7) is 56.5. The average Bonchev–Trinajstić information content (AvgIpc) is 1.34. The number of hydrogen-bond donors (Lipinski definition) is 0. The van der Waals surface area contributed by atoms with E-state index in [4.69, 9.17) is 0 Å². The fourth-order valence-corrected chi connectivity index (χ4v) is 14.6. The zero-order valence-electron chi connectivity index (χ0n) is 63.5. The summed E-state index contributed by atoms with van der Waals surface area (Å²) in [5.41, 5.74) is 26.5. The first kappa shape index (κ1) is 67.8. The zero-order chi connectivity index (χ0) is 70.5. The molecule has 0 saturated carbocycles. The highest BCUT2D eigenvalue weighted by atomic mass is 15.1. The largest absolute Gasteiger partial charge is 0.310 e. The second kappa shape index (κ2) is 23.5. The fraction of sp³-hybridized carbons (Fsp3) is 0.333. The molecular weight excluding hydrogens is 1180 g/mol. The van der Waals surface area contributed by atoms with Gasteiger partial charge in [-0.05, 0) is 227 Å². The van der Waals surface area contributed by atoms with Gasteiger partial charge in [-0.15, -0.1) is 0 Å². The van der Waals surface area contributed by atoms with Crippen molar-refractivity contribution in [2.45, 2.75) is 209 Å². The Morgan fingerprint density at radius 3 is 0.959 bits per heavy atom. The molecule has 0 spiro atoms. The van der Waals surface area contributed by atoms with Crippen molar-refractivity contribution in [3.05, 3.63) is 251 Å². The highest BCUT2D eigenvalue weighted by molar-refractivity contribution is 6.27. The lowest BCUT2D eigenvalue weighted by Gasteiger charge is -2.32. The molecule has 0 N–H and O–H groups in total. The second-order valence-corrected chi connectivity index (χ2v) is 37.0. The van der Waals surface area contributed by atoms with Crippen molar-refractivity contribution in [3.63, 3.8) is 0 Å². The maximum atomic E-state index is 2.65. The van der Waals surface area contributed by atoms with Gasteiger partial charge in [0.15, 0.2) is 0 Å². The number of nitrogens with zero attached hydrogens (tertiary/aromatic N) is 2. The average molecular weight is 1290 g/mol. The first-order valence-corrected chi connectivity index (χ1v) is 36.0. The maximum Gasteiger partial charge on any atom is 0.0541 e. The van der Waals surface area contributed by atoms with Gasteiger partial charge in [0.05, 0.1) is 22.4 Å². The Bertz CT molecular complexity index is 5020. The number of aromatic nitrogens is 1. The SMILES string of the molecule is CC(C)(C)c1cc(-c2ccccc2)cc(-c2cc(N(c3cc(-c4cc(C(C)(C)C)cc(C(C)(C)C)c4)cc(-c4cc(C(C)(C)C)cc(C(C)(C)C)c4)c3)c3ccc4ccc5c(-n6c7ccc(C(C)(C)C)cc7c7cc(C(C)(C)C)ccc76)ccc6ccc3c4c65)cc(C(C)(C)C)c2)c1. The normalized spacial score (nSPS) is 13.3. The van der Waals surface area contributed by atoms with Crippen LogP contribution in [-0.2, 0) is 43.3 Å². The minimum absolute atomic E-state index is 0.00909. The van der Waals surface area contributed by atoms with Crippen LogP contribution in [0.2, 0.25) is 0 Å². The van der Waals surface area contributed by atoms with Crippen molar-refractivity contribution >= 4 is 71.2 Å². The maximum absolute atomic E-state index is 2.65. The Morgan fingerprint density at radius 2 is 0.541 bits per heavy atom. The van der Waals surface area contributed by atoms with Gasteiger partial charge < -0.3 is 9.47 Å². The Hall–Kier alpha value is -8.72. The van der Waals surface area contributed by atoms with E-state index in [2.05, 4.69) is 382 Å². The quantitative estimate of drug-likeness (QED) is 0.138. The molecule has 12 aromatic carbocycles. The van der Waals surface area contributed by atoms with Gasteiger partial charge in [-0.1, -0.05) is 300 Å². The number of anilines is 3. The molecule has 0 aliphatic heterocycles. The summed E-state index contributed by atoms with van der Waals surface area (Å²) in [4.78, 5) is 2.65. The van der Waals surface area contributed by atoms with Gasteiger partial charge in [0.2, 0.25) is 0 Å². The predicted molar refractivity (Wildman–Crippen MR) is 431 cm³/mol. The molecule has 2 heteroatoms. The Balaban J connectivity index is 1.16. The van der Waals surface area contributed by atoms with Gasteiger partial charge in [0.25, 0.3) is 0 Å². The van der Waals surface area contributed by atoms with Crippen LogP contribution in [0, 0.1) is 0 Å². The standard InChI is InChI=1S/C96H106N2/c1-89(2,3)69-34-40-85-81(57-69)82-58-70(90(4,5)6)35-41-86(82)98(85)84-39-33-61-30-36-79-83(38-32-60-31-37-80(84)88(61)87(60)79)97(78-53-68(50-76(56-78)96(22,23)24)63-42-62(59-28-26-25-27-29-59)44-71(45-63)91(7,8)9)77-51-64(66-46-72(92(10,11)12)54-73(47-66)93(13,14)15)43-65(52-77)67-48-74(94(16,17)18)55-75(49-67)95(19,20)21/h25-58H,1-24H3. The van der Waals surface area contributed by atoms with Crippen molar-refractivity contribution in [1.29, 1.82) is 0 Å². The van der Waals surface area contributed by atoms with Gasteiger partial charge in [0.1, 0.15) is 0 Å². The molecule has 2 nitrogen and oxygen atoms in total. The van der Waals surface area contributed by atoms with E-state index in [9.17, 15) is 0 Å². The molecule has 0 bridgehead atoms. The van der Waals surface area contributed by atoms with Crippen molar-refractivity contribution in [2.75, 3.05) is 4.90 Å². The fourth-order valence-electron chi connectivity index (χ4n) is 14.6. The number of rotatable bonds is 8. The molecule has 0 unspecified atom stereocenters. The number of benzene rings is 12. The molecule has 0 amide bonds. The minimum Gasteiger partial charge on any atom is -0.310 e. The molecule has 0 saturated heterocycles. The molecule has 1 heterocycles. The Kier molecular flexibility index (Phi) is 16.2. The van der Waals surface area contributed by atoms with E-state index in [0.717, 1.165) is 17.1 Å². The molecule has 0 aliphatic carbocycles. The zero-order valence-corrected chi connectivity index (χ0v) is 63.5. The predicted octanol–water partition coefficient (Wildman–Crippen LogP) is 28.2. The number of fused-ring (bicyclic) bond motifs is 3. The monoisotopic (exact) mass is 1290 g/mol. The third-order valence-electron chi connectivity index (χ3n) is 21.1. The first-order chi connectivity index (χ1) is 45.6. The Morgan fingerprint density at radius 1 is 0.224 bits per heavy atom. The molecule has 1 aromatic heterocycles. The molecule has 0 aliphatic rings. The van der Waals surface area contributed by atoms with Gasteiger partial charge in [-0.25, -0.2) is 0 Å². The second-order valence-electron chi connectivity index (χ2n) is 37.0. The lowest BCUT2D eigenvalue weighted by atomic mass is 9.78. The van der Waals surface area contributed by atoms with Crippen LogP contribution in [0.25, 0.3) is 104 Å². The van der Waals surface area contributed by atoms with Crippen LogP contribution in [0.4, 0.5) is 17.1 Å². The molecule has 0 radical (unpaired) electrons. The summed E-state index contributed by atoms with van der Waals surface area (Å²) in [5.74, 6) is 0. The first-order valence-electron chi connectivity index (χ1n) is 36.0. The molecule has 500 valence electrons. The van der Waals surface area contributed by atoms with E-state index >= 15 is 0 Å². The van der Waals surface area contributed by atoms with Crippen molar-refractivity contribution in [2.24, 2.45) is 0 Å². The van der Waals surface area contributed by atoms with Crippen LogP contribution in [0.15, 0.2) is 206 Å². The van der Waals surface area contributed by atoms with Crippen molar-refractivity contribution < 1.29 is 0 Å². The van der Waals surface area contributed by atoms with Crippen LogP contribution in [0.5, 0.6) is 0 Å². The van der Waals surface area contributed by atoms with Crippen LogP contribution in [-0.4, -0.2) is 4.57 Å². The molecule has 0 atom stereocenters. The van der Waals surface area contributed by atoms with E-state index in [1.807, 2.05) is 0 Å². The highest BCUT2D eigenvalue weighted by Crippen LogP contribution is 2.51. The van der Waals surface area contributed by atoms with E-state index in [1.54, 1.807) is 0 Å². The third kappa shape index (κ3) is 12.8. The Labute approximate surface area is 587 Å². The summed E-state index contributed by atoms with van der Waals surface area (Å²) in [5, 5.41) is 10.0. The summed E-state index contributed by atoms with van der Waals surface area (Å²) in [6.07, 6.45) is 0. The topological polar surface area (TPSA) is 8.17 Å². The van der Waals surface area contributed by atoms with Gasteiger partial charge in [0, 0.05) is 32.9 Å². The van der Waals surface area contributed by atoms with Gasteiger partial charge in [-0.2, -0.15) is 0 Å². The van der Waals surface area contributed by atoms with Gasteiger partial charge >= 0.3 is 0 Å². The van der Waals surface area contributed by atoms with Crippen LogP contribution >= 0.6 is 0 Å². The molecular formula is C96H106N2. The van der Waals surface area contributed by atoms with Gasteiger partial charge in [-0.3, -0.25) is 0 Å². The summed E-state index contributed by atoms with van der Waals surface area (Å²) in [6, 6.07) is 81.8. The molecule has 0 fully saturated rings. The summed E-state index contributed by atoms with van der Waals surface area (Å²) in [7, 11) is 0.